The molecule has 0 radical (unpaired) electrons. The van der Waals surface area contributed by atoms with Gasteiger partial charge in [-0.25, -0.2) is 5.10 Å². The molecule has 8 heteroatoms. The van der Waals surface area contributed by atoms with Gasteiger partial charge in [-0.3, -0.25) is 5.10 Å². The third kappa shape index (κ3) is 3.93. The van der Waals surface area contributed by atoms with E-state index in [0.29, 0.717) is 29.6 Å². The molecule has 6 aliphatic rings. The smallest absolute Gasteiger partial charge is 0.231 e. The molecular weight excluding hydrogens is 558 g/mol. The van der Waals surface area contributed by atoms with Crippen LogP contribution in [0.4, 0.5) is 11.5 Å². The summed E-state index contributed by atoms with van der Waals surface area (Å²) in [6.07, 6.45) is 12.4. The number of fused-ring (bicyclic) bond motifs is 8. The number of H-pyrrole nitrogens is 2. The fraction of sp³-hybridized carbons (Fsp3) is 0.784. The molecule has 1 saturated heterocycles. The number of rotatable bonds is 2. The van der Waals surface area contributed by atoms with Gasteiger partial charge in [-0.05, 0) is 96.7 Å². The summed E-state index contributed by atoms with van der Waals surface area (Å²) >= 11 is 0. The molecule has 1 aliphatic heterocycles. The van der Waals surface area contributed by atoms with E-state index in [1.807, 2.05) is 0 Å². The number of nitrogens with two attached hydrogens (primary N) is 1. The Hall–Kier alpha value is -2.48. The number of nitrogen functional groups attached to an aromatic ring is 1. The molecule has 3 unspecified atom stereocenters. The Balaban J connectivity index is 1.18. The monoisotopic (exact) mass is 615 g/mol. The van der Waals surface area contributed by atoms with E-state index < -0.39 is 0 Å². The summed E-state index contributed by atoms with van der Waals surface area (Å²) in [7, 11) is 0. The first-order valence-electron chi connectivity index (χ1n) is 18.0. The minimum atomic E-state index is 0.0121. The molecule has 4 fully saturated rings. The lowest BCUT2D eigenvalue weighted by molar-refractivity contribution is -0.153. The highest BCUT2D eigenvalue weighted by atomic mass is 16.3. The number of aromatic nitrogens is 4. The minimum absolute atomic E-state index is 0.0121. The van der Waals surface area contributed by atoms with Crippen LogP contribution in [0.15, 0.2) is 11.6 Å². The molecule has 0 bridgehead atoms. The zero-order valence-electron chi connectivity index (χ0n) is 28.8. The van der Waals surface area contributed by atoms with Crippen LogP contribution in [0.1, 0.15) is 116 Å². The molecule has 0 aromatic carbocycles. The molecule has 2 aromatic heterocycles. The molecule has 0 amide bonds. The number of anilines is 2. The topological polar surface area (TPSA) is 119 Å². The Labute approximate surface area is 269 Å². The third-order valence-corrected chi connectivity index (χ3v) is 15.2. The van der Waals surface area contributed by atoms with Crippen molar-refractivity contribution >= 4 is 11.5 Å². The van der Waals surface area contributed by atoms with Crippen LogP contribution in [0.2, 0.25) is 0 Å². The predicted molar refractivity (Wildman–Crippen MR) is 180 cm³/mol. The van der Waals surface area contributed by atoms with E-state index in [-0.39, 0.29) is 33.0 Å². The summed E-state index contributed by atoms with van der Waals surface area (Å²) < 4.78 is 0. The van der Waals surface area contributed by atoms with E-state index in [9.17, 15) is 5.11 Å². The van der Waals surface area contributed by atoms with E-state index in [1.54, 1.807) is 5.57 Å². The van der Waals surface area contributed by atoms with Gasteiger partial charge >= 0.3 is 0 Å². The largest absolute Gasteiger partial charge is 0.492 e. The Morgan fingerprint density at radius 1 is 0.911 bits per heavy atom. The summed E-state index contributed by atoms with van der Waals surface area (Å²) in [5, 5.41) is 30.4. The molecule has 8 atom stereocenters. The first-order chi connectivity index (χ1) is 21.2. The van der Waals surface area contributed by atoms with Crippen molar-refractivity contribution < 1.29 is 5.11 Å². The normalized spacial score (nSPS) is 41.6. The number of aromatic amines is 2. The van der Waals surface area contributed by atoms with Gasteiger partial charge in [-0.15, -0.1) is 0 Å². The summed E-state index contributed by atoms with van der Waals surface area (Å²) in [5.74, 6) is 3.73. The minimum Gasteiger partial charge on any atom is -0.492 e. The quantitative estimate of drug-likeness (QED) is 0.241. The molecule has 3 saturated carbocycles. The van der Waals surface area contributed by atoms with E-state index >= 15 is 0 Å². The molecule has 2 aromatic rings. The number of allylic oxidation sites excluding steroid dienone is 2. The maximum absolute atomic E-state index is 11.0. The van der Waals surface area contributed by atoms with Gasteiger partial charge in [0.25, 0.3) is 0 Å². The van der Waals surface area contributed by atoms with Gasteiger partial charge in [0.15, 0.2) is 0 Å². The van der Waals surface area contributed by atoms with Crippen molar-refractivity contribution in [1.82, 2.24) is 25.7 Å². The average Bonchev–Trinajstić information content (AvgIpc) is 3.55. The zero-order valence-corrected chi connectivity index (χ0v) is 28.8. The van der Waals surface area contributed by atoms with Crippen LogP contribution in [0.3, 0.4) is 0 Å². The Bertz CT molecular complexity index is 1530. The van der Waals surface area contributed by atoms with Gasteiger partial charge in [0, 0.05) is 43.1 Å². The van der Waals surface area contributed by atoms with Crippen LogP contribution in [-0.2, 0) is 11.8 Å². The van der Waals surface area contributed by atoms with Crippen LogP contribution >= 0.6 is 0 Å². The van der Waals surface area contributed by atoms with Crippen LogP contribution < -0.4 is 16.0 Å². The van der Waals surface area contributed by atoms with Gasteiger partial charge in [0.1, 0.15) is 11.5 Å². The third-order valence-electron chi connectivity index (χ3n) is 15.2. The van der Waals surface area contributed by atoms with Gasteiger partial charge in [0.05, 0.1) is 11.4 Å². The highest BCUT2D eigenvalue weighted by molar-refractivity contribution is 5.60. The maximum atomic E-state index is 11.0. The molecular formula is C37H57N7O. The summed E-state index contributed by atoms with van der Waals surface area (Å²) in [6.45, 7) is 21.5. The highest BCUT2D eigenvalue weighted by Crippen LogP contribution is 2.74. The fourth-order valence-electron chi connectivity index (χ4n) is 13.1. The van der Waals surface area contributed by atoms with E-state index in [4.69, 9.17) is 15.9 Å². The lowest BCUT2D eigenvalue weighted by Crippen LogP contribution is -2.63. The second-order valence-electron chi connectivity index (χ2n) is 18.2. The second kappa shape index (κ2) is 9.54. The summed E-state index contributed by atoms with van der Waals surface area (Å²) in [5.41, 5.74) is 13.7. The van der Waals surface area contributed by atoms with Gasteiger partial charge in [-0.1, -0.05) is 60.1 Å². The lowest BCUT2D eigenvalue weighted by atomic mass is 9.34. The van der Waals surface area contributed by atoms with Gasteiger partial charge in [0.2, 0.25) is 5.88 Å². The molecule has 0 spiro atoms. The zero-order chi connectivity index (χ0) is 31.7. The van der Waals surface area contributed by atoms with Crippen molar-refractivity contribution in [2.45, 2.75) is 111 Å². The molecule has 246 valence electrons. The standard InChI is InChI=1S/C37H57N7O/c1-33(2)18-22-21(23(19-33)28-29(32(45)43-40-28)44-16-14-39-15-17-44)10-12-36(6)25(22)8-9-27-35(5)20-24-30(41-42-31(24)38)34(3,4)26(35)11-13-37(27,36)7/h8,21-23,26-27,39H,9-20H2,1-7H3,(H3,38,41,42)(H2,40,43,45)/t21-,22?,23+,26?,27?,35-,36+,37+/m0/s1. The molecule has 8 rings (SSSR count). The van der Waals surface area contributed by atoms with Crippen LogP contribution in [0.5, 0.6) is 5.88 Å². The van der Waals surface area contributed by atoms with Crippen molar-refractivity contribution in [3.8, 4) is 5.88 Å². The number of hydrogen-bond donors (Lipinski definition) is 5. The van der Waals surface area contributed by atoms with Crippen molar-refractivity contribution in [3.63, 3.8) is 0 Å². The van der Waals surface area contributed by atoms with Crippen molar-refractivity contribution in [2.24, 2.45) is 45.3 Å². The van der Waals surface area contributed by atoms with Gasteiger partial charge < -0.3 is 21.1 Å². The number of nitrogens with zero attached hydrogens (tertiary/aromatic N) is 3. The first kappa shape index (κ1) is 29.9. The van der Waals surface area contributed by atoms with Crippen LogP contribution in [0, 0.1) is 45.3 Å². The molecule has 3 heterocycles. The molecule has 45 heavy (non-hydrogen) atoms. The average molecular weight is 616 g/mol. The summed E-state index contributed by atoms with van der Waals surface area (Å²) in [4.78, 5) is 2.36. The first-order valence-corrected chi connectivity index (χ1v) is 18.0. The summed E-state index contributed by atoms with van der Waals surface area (Å²) in [6, 6.07) is 0. The number of hydrogen-bond acceptors (Lipinski definition) is 6. The van der Waals surface area contributed by atoms with Gasteiger partial charge in [-0.2, -0.15) is 10.2 Å². The van der Waals surface area contributed by atoms with E-state index in [2.05, 4.69) is 75.0 Å². The van der Waals surface area contributed by atoms with Crippen LogP contribution in [0.25, 0.3) is 0 Å². The predicted octanol–water partition coefficient (Wildman–Crippen LogP) is 6.67. The van der Waals surface area contributed by atoms with E-state index in [0.717, 1.165) is 56.2 Å². The fourth-order valence-corrected chi connectivity index (χ4v) is 13.1. The lowest BCUT2D eigenvalue weighted by Gasteiger charge is -2.70. The second-order valence-corrected chi connectivity index (χ2v) is 18.2. The van der Waals surface area contributed by atoms with Crippen molar-refractivity contribution in [3.05, 3.63) is 28.6 Å². The van der Waals surface area contributed by atoms with E-state index in [1.165, 1.54) is 49.8 Å². The maximum Gasteiger partial charge on any atom is 0.231 e. The number of aromatic hydroxyl groups is 1. The highest BCUT2D eigenvalue weighted by Gasteiger charge is 2.67. The van der Waals surface area contributed by atoms with Crippen molar-refractivity contribution in [2.75, 3.05) is 36.8 Å². The Morgan fingerprint density at radius 2 is 1.64 bits per heavy atom. The number of nitrogens with one attached hydrogen (secondary N) is 3. The Kier molecular flexibility index (Phi) is 6.34. The van der Waals surface area contributed by atoms with Crippen LogP contribution in [-0.4, -0.2) is 51.7 Å². The molecule has 5 aliphatic carbocycles. The van der Waals surface area contributed by atoms with Crippen molar-refractivity contribution in [1.29, 1.82) is 0 Å². The SMILES string of the molecule is CC1(C)CC2C3=CCC4[C@@]5(C)Cc6c(n[nH]c6N)C(C)(C)C5CC[C@@]4(C)[C@]3(C)CC[C@@H]2[C@H](c2n[nH]c(O)c2N2CCNCC2)C1. The number of piperazine rings is 1. The molecule has 8 nitrogen and oxygen atoms in total. The Morgan fingerprint density at radius 3 is 2.40 bits per heavy atom. The molecule has 6 N–H and O–H groups in total.